The van der Waals surface area contributed by atoms with Crippen molar-refractivity contribution < 1.29 is 19.9 Å². The Morgan fingerprint density at radius 1 is 1.06 bits per heavy atom. The first-order valence-electron chi connectivity index (χ1n) is 4.51. The van der Waals surface area contributed by atoms with E-state index in [1.54, 1.807) is 0 Å². The molecule has 1 aromatic rings. The zero-order chi connectivity index (χ0) is 13.9. The zero-order valence-electron chi connectivity index (χ0n) is 8.75. The Morgan fingerprint density at radius 3 is 1.94 bits per heavy atom. The summed E-state index contributed by atoms with van der Waals surface area (Å²) in [6.07, 6.45) is 0. The van der Waals surface area contributed by atoms with Crippen molar-refractivity contribution in [1.29, 1.82) is 0 Å². The molecule has 0 unspecified atom stereocenters. The number of aliphatic hydroxyl groups is 1. The number of benzene rings is 1. The number of nitro groups is 3. The molecule has 0 aliphatic heterocycles. The van der Waals surface area contributed by atoms with E-state index in [2.05, 4.69) is 0 Å². The molecule has 96 valence electrons. The number of hydrogen-bond acceptors (Lipinski definition) is 7. The van der Waals surface area contributed by atoms with Crippen molar-refractivity contribution in [2.75, 3.05) is 6.61 Å². The van der Waals surface area contributed by atoms with Crippen molar-refractivity contribution in [3.8, 4) is 0 Å². The first kappa shape index (κ1) is 13.4. The highest BCUT2D eigenvalue weighted by Crippen LogP contribution is 2.32. The molecule has 1 N–H and O–H groups in total. The number of aliphatic hydroxyl groups excluding tert-OH is 1. The molecule has 0 radical (unpaired) electrons. The third-order valence-electron chi connectivity index (χ3n) is 2.36. The molecule has 0 bridgehead atoms. The molecular weight excluding hydrogens is 250 g/mol. The van der Waals surface area contributed by atoms with Gasteiger partial charge >= 0.3 is 5.66 Å². The van der Waals surface area contributed by atoms with E-state index in [1.165, 1.54) is 12.1 Å². The lowest BCUT2D eigenvalue weighted by Crippen LogP contribution is -2.47. The van der Waals surface area contributed by atoms with Crippen molar-refractivity contribution >= 4 is 5.69 Å². The molecule has 0 spiro atoms. The predicted molar refractivity (Wildman–Crippen MR) is 55.8 cm³/mol. The average Bonchev–Trinajstić information content (AvgIpc) is 2.30. The quantitative estimate of drug-likeness (QED) is 0.452. The average molecular weight is 257 g/mol. The Morgan fingerprint density at radius 2 is 1.56 bits per heavy atom. The van der Waals surface area contributed by atoms with E-state index in [9.17, 15) is 30.3 Å². The molecule has 10 nitrogen and oxygen atoms in total. The first-order valence-corrected chi connectivity index (χ1v) is 4.51. The third kappa shape index (κ3) is 1.84. The molecule has 0 fully saturated rings. The minimum atomic E-state index is -3.14. The number of rotatable bonds is 5. The SMILES string of the molecule is O=[N+]([O-])c1ccccc1C(CO)([N+](=O)[O-])[N+](=O)[O-]. The van der Waals surface area contributed by atoms with Crippen LogP contribution in [-0.2, 0) is 5.66 Å². The Balaban J connectivity index is 3.63. The maximum absolute atomic E-state index is 10.9. The highest BCUT2D eigenvalue weighted by molar-refractivity contribution is 5.42. The van der Waals surface area contributed by atoms with Gasteiger partial charge in [0.25, 0.3) is 5.69 Å². The molecule has 0 aliphatic rings. The normalized spacial score (nSPS) is 10.9. The summed E-state index contributed by atoms with van der Waals surface area (Å²) >= 11 is 0. The van der Waals surface area contributed by atoms with Crippen molar-refractivity contribution in [3.63, 3.8) is 0 Å². The van der Waals surface area contributed by atoms with Crippen LogP contribution >= 0.6 is 0 Å². The van der Waals surface area contributed by atoms with Crippen LogP contribution in [-0.4, -0.2) is 26.5 Å². The predicted octanol–water partition coefficient (Wildman–Crippen LogP) is 0.293. The van der Waals surface area contributed by atoms with Gasteiger partial charge < -0.3 is 5.11 Å². The number of hydrogen-bond donors (Lipinski definition) is 1. The van der Waals surface area contributed by atoms with E-state index < -0.39 is 38.3 Å². The van der Waals surface area contributed by atoms with Crippen LogP contribution in [0.5, 0.6) is 0 Å². The molecular formula is C8H7N3O7. The molecule has 0 heterocycles. The minimum Gasteiger partial charge on any atom is -0.382 e. The van der Waals surface area contributed by atoms with Crippen LogP contribution in [0, 0.1) is 30.3 Å². The van der Waals surface area contributed by atoms with Crippen LogP contribution in [0.1, 0.15) is 5.56 Å². The zero-order valence-corrected chi connectivity index (χ0v) is 8.75. The maximum atomic E-state index is 10.9. The smallest absolute Gasteiger partial charge is 0.382 e. The van der Waals surface area contributed by atoms with E-state index in [1.807, 2.05) is 0 Å². The third-order valence-corrected chi connectivity index (χ3v) is 2.36. The summed E-state index contributed by atoms with van der Waals surface area (Å²) in [7, 11) is 0. The highest BCUT2D eigenvalue weighted by atomic mass is 16.7. The molecule has 0 atom stereocenters. The van der Waals surface area contributed by atoms with E-state index in [0.29, 0.717) is 0 Å². The fourth-order valence-electron chi connectivity index (χ4n) is 1.44. The van der Waals surface area contributed by atoms with Gasteiger partial charge in [-0.05, 0) is 6.07 Å². The summed E-state index contributed by atoms with van der Waals surface area (Å²) in [5.74, 6) is 0. The Hall–Kier alpha value is -2.62. The van der Waals surface area contributed by atoms with Crippen molar-refractivity contribution in [3.05, 3.63) is 60.2 Å². The van der Waals surface area contributed by atoms with E-state index in [4.69, 9.17) is 5.11 Å². The van der Waals surface area contributed by atoms with Gasteiger partial charge in [0.15, 0.2) is 12.2 Å². The molecule has 10 heteroatoms. The Labute approximate surface area is 98.9 Å². The molecule has 0 aliphatic carbocycles. The monoisotopic (exact) mass is 257 g/mol. The van der Waals surface area contributed by atoms with Gasteiger partial charge in [-0.15, -0.1) is 0 Å². The summed E-state index contributed by atoms with van der Waals surface area (Å²) in [6, 6.07) is 4.16. The number of nitro benzene ring substituents is 1. The second kappa shape index (κ2) is 4.71. The lowest BCUT2D eigenvalue weighted by molar-refractivity contribution is -0.812. The number of para-hydroxylation sites is 1. The van der Waals surface area contributed by atoms with Gasteiger partial charge in [0.05, 0.1) is 4.92 Å². The molecule has 0 saturated carbocycles. The second-order valence-corrected chi connectivity index (χ2v) is 3.26. The molecule has 1 aromatic carbocycles. The summed E-state index contributed by atoms with van der Waals surface area (Å²) in [4.78, 5) is 28.7. The molecule has 0 amide bonds. The van der Waals surface area contributed by atoms with Crippen LogP contribution in [0.4, 0.5) is 5.69 Å². The van der Waals surface area contributed by atoms with Crippen LogP contribution < -0.4 is 0 Å². The van der Waals surface area contributed by atoms with Gasteiger partial charge in [-0.1, -0.05) is 12.1 Å². The van der Waals surface area contributed by atoms with Crippen molar-refractivity contribution in [2.45, 2.75) is 5.66 Å². The lowest BCUT2D eigenvalue weighted by atomic mass is 9.99. The largest absolute Gasteiger partial charge is 0.513 e. The van der Waals surface area contributed by atoms with Crippen molar-refractivity contribution in [2.24, 2.45) is 0 Å². The number of nitrogens with zero attached hydrogens (tertiary/aromatic N) is 3. The standard InChI is InChI=1S/C8H7N3O7/c12-5-8(10(15)16,11(17)18)6-3-1-2-4-7(6)9(13)14/h1-4,12H,5H2. The second-order valence-electron chi connectivity index (χ2n) is 3.26. The molecule has 18 heavy (non-hydrogen) atoms. The van der Waals surface area contributed by atoms with Crippen LogP contribution in [0.25, 0.3) is 0 Å². The van der Waals surface area contributed by atoms with Gasteiger partial charge in [-0.25, -0.2) is 0 Å². The topological polar surface area (TPSA) is 150 Å². The summed E-state index contributed by atoms with van der Waals surface area (Å²) in [5.41, 5.74) is -4.70. The van der Waals surface area contributed by atoms with Crippen molar-refractivity contribution in [1.82, 2.24) is 0 Å². The van der Waals surface area contributed by atoms with Crippen LogP contribution in [0.3, 0.4) is 0 Å². The van der Waals surface area contributed by atoms with Gasteiger partial charge in [0, 0.05) is 6.07 Å². The van der Waals surface area contributed by atoms with Gasteiger partial charge in [0.1, 0.15) is 9.85 Å². The molecule has 0 aromatic heterocycles. The van der Waals surface area contributed by atoms with E-state index in [-0.39, 0.29) is 0 Å². The highest BCUT2D eigenvalue weighted by Gasteiger charge is 2.61. The summed E-state index contributed by atoms with van der Waals surface area (Å²) < 4.78 is 0. The van der Waals surface area contributed by atoms with Crippen LogP contribution in [0.2, 0.25) is 0 Å². The summed E-state index contributed by atoms with van der Waals surface area (Å²) in [5, 5.41) is 41.4. The van der Waals surface area contributed by atoms with Gasteiger partial charge in [-0.3, -0.25) is 30.3 Å². The first-order chi connectivity index (χ1) is 8.37. The van der Waals surface area contributed by atoms with E-state index >= 15 is 0 Å². The van der Waals surface area contributed by atoms with Gasteiger partial charge in [-0.2, -0.15) is 0 Å². The lowest BCUT2D eigenvalue weighted by Gasteiger charge is -2.14. The van der Waals surface area contributed by atoms with Crippen LogP contribution in [0.15, 0.2) is 24.3 Å². The molecule has 0 saturated heterocycles. The molecule has 1 rings (SSSR count). The van der Waals surface area contributed by atoms with Gasteiger partial charge in [0.2, 0.25) is 0 Å². The maximum Gasteiger partial charge on any atom is 0.513 e. The Bertz CT molecular complexity index is 501. The minimum absolute atomic E-state index is 0.771. The fourth-order valence-corrected chi connectivity index (χ4v) is 1.44. The fraction of sp³-hybridized carbons (Fsp3) is 0.250. The summed E-state index contributed by atoms with van der Waals surface area (Å²) in [6.45, 7) is -1.49. The van der Waals surface area contributed by atoms with E-state index in [0.717, 1.165) is 12.1 Å². The Kier molecular flexibility index (Phi) is 3.52.